The molecule has 3 aromatic rings. The number of ether oxygens (including phenoxy) is 3. The Hall–Kier alpha value is -3.00. The summed E-state index contributed by atoms with van der Waals surface area (Å²) in [6.07, 6.45) is 0. The molecule has 146 valence electrons. The lowest BCUT2D eigenvalue weighted by molar-refractivity contribution is 0.102. The molecule has 2 aromatic carbocycles. The molecule has 0 saturated heterocycles. The van der Waals surface area contributed by atoms with Gasteiger partial charge in [0.2, 0.25) is 0 Å². The van der Waals surface area contributed by atoms with Crippen LogP contribution in [0.25, 0.3) is 11.3 Å². The third-order valence-electron chi connectivity index (χ3n) is 4.20. The molecule has 0 radical (unpaired) electrons. The van der Waals surface area contributed by atoms with Crippen molar-refractivity contribution in [2.24, 2.45) is 7.05 Å². The number of amides is 1. The van der Waals surface area contributed by atoms with Crippen LogP contribution < -0.4 is 19.5 Å². The Morgan fingerprint density at radius 1 is 0.964 bits per heavy atom. The average molecular weight is 446 g/mol. The second-order valence-corrected chi connectivity index (χ2v) is 6.77. The van der Waals surface area contributed by atoms with Gasteiger partial charge in [-0.1, -0.05) is 0 Å². The molecule has 1 amide bonds. The zero-order chi connectivity index (χ0) is 20.3. The Kier molecular flexibility index (Phi) is 5.89. The molecular formula is C20H20BrN3O4. The Morgan fingerprint density at radius 3 is 2.36 bits per heavy atom. The summed E-state index contributed by atoms with van der Waals surface area (Å²) in [6.45, 7) is 0. The minimum Gasteiger partial charge on any atom is -0.495 e. The zero-order valence-electron chi connectivity index (χ0n) is 15.9. The topological polar surface area (TPSA) is 74.6 Å². The third-order valence-corrected chi connectivity index (χ3v) is 4.86. The zero-order valence-corrected chi connectivity index (χ0v) is 17.5. The predicted molar refractivity (Wildman–Crippen MR) is 110 cm³/mol. The van der Waals surface area contributed by atoms with Gasteiger partial charge in [0, 0.05) is 24.4 Å². The van der Waals surface area contributed by atoms with Gasteiger partial charge in [0.05, 0.1) is 31.5 Å². The Labute approximate surface area is 171 Å². The molecule has 8 heteroatoms. The summed E-state index contributed by atoms with van der Waals surface area (Å²) in [7, 11) is 6.52. The van der Waals surface area contributed by atoms with Crippen molar-refractivity contribution in [3.8, 4) is 28.5 Å². The minimum atomic E-state index is -0.313. The van der Waals surface area contributed by atoms with Crippen molar-refractivity contribution in [3.05, 3.63) is 52.6 Å². The second kappa shape index (κ2) is 8.35. The second-order valence-electron chi connectivity index (χ2n) is 5.91. The molecule has 1 aromatic heterocycles. The molecule has 0 bridgehead atoms. The van der Waals surface area contributed by atoms with Crippen LogP contribution in [-0.2, 0) is 7.05 Å². The molecule has 0 fully saturated rings. The molecule has 0 aliphatic heterocycles. The summed E-state index contributed by atoms with van der Waals surface area (Å²) in [5, 5.41) is 7.17. The van der Waals surface area contributed by atoms with Crippen LogP contribution >= 0.6 is 15.9 Å². The quantitative estimate of drug-likeness (QED) is 0.617. The maximum atomic E-state index is 12.6. The molecule has 0 unspecified atom stereocenters. The fourth-order valence-electron chi connectivity index (χ4n) is 2.78. The van der Waals surface area contributed by atoms with E-state index in [1.165, 1.54) is 0 Å². The number of benzene rings is 2. The number of aryl methyl sites for hydroxylation is 1. The van der Waals surface area contributed by atoms with Crippen LogP contribution in [-0.4, -0.2) is 37.0 Å². The number of nitrogens with one attached hydrogen (secondary N) is 1. The Balaban J connectivity index is 1.86. The average Bonchev–Trinajstić information content (AvgIpc) is 3.10. The van der Waals surface area contributed by atoms with Gasteiger partial charge in [-0.25, -0.2) is 0 Å². The highest BCUT2D eigenvalue weighted by Crippen LogP contribution is 2.32. The molecule has 1 N–H and O–H groups in total. The highest BCUT2D eigenvalue weighted by molar-refractivity contribution is 9.10. The van der Waals surface area contributed by atoms with E-state index in [4.69, 9.17) is 14.2 Å². The van der Waals surface area contributed by atoms with E-state index in [-0.39, 0.29) is 5.91 Å². The van der Waals surface area contributed by atoms with E-state index in [0.717, 1.165) is 15.7 Å². The van der Waals surface area contributed by atoms with Crippen LogP contribution in [0.2, 0.25) is 0 Å². The molecular weight excluding hydrogens is 426 g/mol. The lowest BCUT2D eigenvalue weighted by atomic mass is 10.1. The van der Waals surface area contributed by atoms with Gasteiger partial charge in [-0.3, -0.25) is 9.48 Å². The van der Waals surface area contributed by atoms with Crippen LogP contribution in [0.15, 0.2) is 46.9 Å². The molecule has 0 aliphatic rings. The monoisotopic (exact) mass is 445 g/mol. The van der Waals surface area contributed by atoms with Crippen molar-refractivity contribution in [1.82, 2.24) is 9.78 Å². The molecule has 28 heavy (non-hydrogen) atoms. The summed E-state index contributed by atoms with van der Waals surface area (Å²) in [4.78, 5) is 12.6. The first kappa shape index (κ1) is 19.8. The van der Waals surface area contributed by atoms with Crippen LogP contribution in [0.1, 0.15) is 10.5 Å². The van der Waals surface area contributed by atoms with Crippen molar-refractivity contribution >= 4 is 27.5 Å². The molecule has 0 saturated carbocycles. The van der Waals surface area contributed by atoms with Gasteiger partial charge in [0.15, 0.2) is 17.2 Å². The fourth-order valence-corrected chi connectivity index (χ4v) is 3.19. The molecule has 3 rings (SSSR count). The number of rotatable bonds is 6. The lowest BCUT2D eigenvalue weighted by Gasteiger charge is -2.09. The third kappa shape index (κ3) is 3.96. The number of anilines is 1. The standard InChI is InChI=1S/C20H20BrN3O4/c1-24-16(12-5-8-17(26-2)19(9-12)28-4)11-15(23-24)20(25)22-13-6-7-14(21)18(10-13)27-3/h5-11H,1-4H3,(H,22,25). The maximum absolute atomic E-state index is 12.6. The number of nitrogens with zero attached hydrogens (tertiary/aromatic N) is 2. The lowest BCUT2D eigenvalue weighted by Crippen LogP contribution is -2.13. The van der Waals surface area contributed by atoms with Crippen molar-refractivity contribution in [2.75, 3.05) is 26.6 Å². The van der Waals surface area contributed by atoms with Crippen molar-refractivity contribution in [3.63, 3.8) is 0 Å². The van der Waals surface area contributed by atoms with Crippen LogP contribution in [0.3, 0.4) is 0 Å². The number of carbonyl (C=O) groups excluding carboxylic acids is 1. The maximum Gasteiger partial charge on any atom is 0.276 e. The molecule has 0 spiro atoms. The molecule has 0 atom stereocenters. The SMILES string of the molecule is COc1cc(NC(=O)c2cc(-c3ccc(OC)c(OC)c3)n(C)n2)ccc1Br. The van der Waals surface area contributed by atoms with E-state index < -0.39 is 0 Å². The van der Waals surface area contributed by atoms with Gasteiger partial charge in [0.1, 0.15) is 5.75 Å². The van der Waals surface area contributed by atoms with Gasteiger partial charge >= 0.3 is 0 Å². The number of methoxy groups -OCH3 is 3. The van der Waals surface area contributed by atoms with Crippen LogP contribution in [0.4, 0.5) is 5.69 Å². The minimum absolute atomic E-state index is 0.300. The summed E-state index contributed by atoms with van der Waals surface area (Å²) >= 11 is 3.39. The van der Waals surface area contributed by atoms with E-state index in [0.29, 0.717) is 28.6 Å². The predicted octanol–water partition coefficient (Wildman–Crippen LogP) is 4.13. The number of hydrogen-bond donors (Lipinski definition) is 1. The number of hydrogen-bond acceptors (Lipinski definition) is 5. The smallest absolute Gasteiger partial charge is 0.276 e. The van der Waals surface area contributed by atoms with Gasteiger partial charge in [-0.2, -0.15) is 5.10 Å². The van der Waals surface area contributed by atoms with Gasteiger partial charge in [-0.15, -0.1) is 0 Å². The first-order valence-electron chi connectivity index (χ1n) is 8.38. The van der Waals surface area contributed by atoms with Gasteiger partial charge in [0.25, 0.3) is 5.91 Å². The number of carbonyl (C=O) groups is 1. The van der Waals surface area contributed by atoms with E-state index >= 15 is 0 Å². The Bertz CT molecular complexity index is 1020. The normalized spacial score (nSPS) is 10.5. The molecule has 7 nitrogen and oxygen atoms in total. The number of halogens is 1. The van der Waals surface area contributed by atoms with E-state index in [2.05, 4.69) is 26.3 Å². The fraction of sp³-hybridized carbons (Fsp3) is 0.200. The summed E-state index contributed by atoms with van der Waals surface area (Å²) in [5.41, 5.74) is 2.55. The highest BCUT2D eigenvalue weighted by Gasteiger charge is 2.16. The molecule has 0 aliphatic carbocycles. The first-order valence-corrected chi connectivity index (χ1v) is 9.17. The van der Waals surface area contributed by atoms with E-state index in [1.54, 1.807) is 51.3 Å². The van der Waals surface area contributed by atoms with Crippen molar-refractivity contribution in [1.29, 1.82) is 0 Å². The van der Waals surface area contributed by atoms with Crippen molar-refractivity contribution in [2.45, 2.75) is 0 Å². The summed E-state index contributed by atoms with van der Waals surface area (Å²) < 4.78 is 18.3. The first-order chi connectivity index (χ1) is 13.5. The summed E-state index contributed by atoms with van der Waals surface area (Å²) in [5.74, 6) is 1.56. The van der Waals surface area contributed by atoms with E-state index in [9.17, 15) is 4.79 Å². The van der Waals surface area contributed by atoms with Crippen molar-refractivity contribution < 1.29 is 19.0 Å². The van der Waals surface area contributed by atoms with Gasteiger partial charge < -0.3 is 19.5 Å². The molecule has 1 heterocycles. The number of aromatic nitrogens is 2. The largest absolute Gasteiger partial charge is 0.495 e. The van der Waals surface area contributed by atoms with Crippen LogP contribution in [0, 0.1) is 0 Å². The van der Waals surface area contributed by atoms with Crippen LogP contribution in [0.5, 0.6) is 17.2 Å². The highest BCUT2D eigenvalue weighted by atomic mass is 79.9. The van der Waals surface area contributed by atoms with Gasteiger partial charge in [-0.05, 0) is 52.3 Å². The Morgan fingerprint density at radius 2 is 1.68 bits per heavy atom. The van der Waals surface area contributed by atoms with E-state index in [1.807, 2.05) is 24.3 Å². The summed E-state index contributed by atoms with van der Waals surface area (Å²) in [6, 6.07) is 12.6.